The van der Waals surface area contributed by atoms with Gasteiger partial charge in [-0.1, -0.05) is 42.8 Å². The standard InChI is InChI=1S/C18H18O/c1-13-5-6-14(12-19)11-18(13)17-9-7-16(8-10-17)15-3-2-4-15/h5-12,15H,2-4H2,1H3. The summed E-state index contributed by atoms with van der Waals surface area (Å²) < 4.78 is 0. The molecule has 1 aliphatic carbocycles. The molecule has 19 heavy (non-hydrogen) atoms. The van der Waals surface area contributed by atoms with Gasteiger partial charge in [-0.25, -0.2) is 0 Å². The largest absolute Gasteiger partial charge is 0.298 e. The fourth-order valence-corrected chi connectivity index (χ4v) is 2.70. The summed E-state index contributed by atoms with van der Waals surface area (Å²) in [7, 11) is 0. The number of aldehydes is 1. The van der Waals surface area contributed by atoms with E-state index in [2.05, 4.69) is 31.2 Å². The Morgan fingerprint density at radius 3 is 2.37 bits per heavy atom. The molecule has 0 aliphatic heterocycles. The third-order valence-electron chi connectivity index (χ3n) is 4.20. The van der Waals surface area contributed by atoms with E-state index in [4.69, 9.17) is 0 Å². The Morgan fingerprint density at radius 1 is 1.05 bits per heavy atom. The van der Waals surface area contributed by atoms with E-state index in [1.54, 1.807) is 0 Å². The number of hydrogen-bond acceptors (Lipinski definition) is 1. The van der Waals surface area contributed by atoms with E-state index < -0.39 is 0 Å². The first-order chi connectivity index (χ1) is 9.28. The van der Waals surface area contributed by atoms with Gasteiger partial charge in [-0.2, -0.15) is 0 Å². The summed E-state index contributed by atoms with van der Waals surface area (Å²) in [6.45, 7) is 2.09. The van der Waals surface area contributed by atoms with Crippen molar-refractivity contribution in [1.82, 2.24) is 0 Å². The van der Waals surface area contributed by atoms with Gasteiger partial charge < -0.3 is 0 Å². The Hall–Kier alpha value is -1.89. The van der Waals surface area contributed by atoms with Gasteiger partial charge in [0.05, 0.1) is 0 Å². The molecule has 1 nitrogen and oxygen atoms in total. The molecule has 2 aromatic carbocycles. The van der Waals surface area contributed by atoms with Crippen molar-refractivity contribution in [3.63, 3.8) is 0 Å². The lowest BCUT2D eigenvalue weighted by atomic mass is 9.80. The van der Waals surface area contributed by atoms with Crippen LogP contribution in [0.5, 0.6) is 0 Å². The Bertz CT molecular complexity index is 592. The van der Waals surface area contributed by atoms with Gasteiger partial charge in [0.2, 0.25) is 0 Å². The summed E-state index contributed by atoms with van der Waals surface area (Å²) in [6.07, 6.45) is 4.94. The molecule has 1 heteroatoms. The number of carbonyl (C=O) groups excluding carboxylic acids is 1. The van der Waals surface area contributed by atoms with Crippen molar-refractivity contribution in [3.8, 4) is 11.1 Å². The summed E-state index contributed by atoms with van der Waals surface area (Å²) in [5, 5.41) is 0. The van der Waals surface area contributed by atoms with Crippen LogP contribution < -0.4 is 0 Å². The van der Waals surface area contributed by atoms with E-state index >= 15 is 0 Å². The van der Waals surface area contributed by atoms with Gasteiger partial charge >= 0.3 is 0 Å². The van der Waals surface area contributed by atoms with E-state index in [0.717, 1.165) is 23.3 Å². The number of aryl methyl sites for hydroxylation is 1. The maximum Gasteiger partial charge on any atom is 0.150 e. The SMILES string of the molecule is Cc1ccc(C=O)cc1-c1ccc(C2CCC2)cc1. The highest BCUT2D eigenvalue weighted by Gasteiger charge is 2.19. The fraction of sp³-hybridized carbons (Fsp3) is 0.278. The smallest absolute Gasteiger partial charge is 0.150 e. The first-order valence-electron chi connectivity index (χ1n) is 6.94. The molecule has 0 heterocycles. The van der Waals surface area contributed by atoms with Crippen LogP contribution in [-0.4, -0.2) is 6.29 Å². The van der Waals surface area contributed by atoms with Crippen LogP contribution in [0.4, 0.5) is 0 Å². The average Bonchev–Trinajstić information content (AvgIpc) is 2.38. The monoisotopic (exact) mass is 250 g/mol. The van der Waals surface area contributed by atoms with Crippen molar-refractivity contribution in [2.45, 2.75) is 32.1 Å². The van der Waals surface area contributed by atoms with E-state index in [1.807, 2.05) is 18.2 Å². The number of hydrogen-bond donors (Lipinski definition) is 0. The van der Waals surface area contributed by atoms with Gasteiger partial charge in [0.25, 0.3) is 0 Å². The molecule has 2 aromatic rings. The number of carbonyl (C=O) groups is 1. The minimum atomic E-state index is 0.740. The minimum absolute atomic E-state index is 0.740. The Labute approximate surface area is 114 Å². The maximum absolute atomic E-state index is 10.9. The van der Waals surface area contributed by atoms with Gasteiger partial charge in [0, 0.05) is 5.56 Å². The fourth-order valence-electron chi connectivity index (χ4n) is 2.70. The second kappa shape index (κ2) is 5.00. The van der Waals surface area contributed by atoms with Gasteiger partial charge in [0.1, 0.15) is 6.29 Å². The van der Waals surface area contributed by atoms with E-state index in [1.165, 1.54) is 36.0 Å². The van der Waals surface area contributed by atoms with Crippen LogP contribution in [0.3, 0.4) is 0 Å². The van der Waals surface area contributed by atoms with Crippen molar-refractivity contribution in [2.24, 2.45) is 0 Å². The zero-order chi connectivity index (χ0) is 13.2. The highest BCUT2D eigenvalue weighted by Crippen LogP contribution is 2.37. The molecule has 3 rings (SSSR count). The summed E-state index contributed by atoms with van der Waals surface area (Å²) >= 11 is 0. The quantitative estimate of drug-likeness (QED) is 0.719. The second-order valence-electron chi connectivity index (χ2n) is 5.44. The van der Waals surface area contributed by atoms with Crippen LogP contribution in [0.25, 0.3) is 11.1 Å². The summed E-state index contributed by atoms with van der Waals surface area (Å²) in [5.74, 6) is 0.774. The predicted molar refractivity (Wildman–Crippen MR) is 78.6 cm³/mol. The first kappa shape index (κ1) is 12.2. The molecule has 1 aliphatic rings. The van der Waals surface area contributed by atoms with E-state index in [-0.39, 0.29) is 0 Å². The molecule has 0 N–H and O–H groups in total. The average molecular weight is 250 g/mol. The minimum Gasteiger partial charge on any atom is -0.298 e. The molecule has 0 saturated heterocycles. The lowest BCUT2D eigenvalue weighted by Gasteiger charge is -2.25. The van der Waals surface area contributed by atoms with Crippen LogP contribution in [0.15, 0.2) is 42.5 Å². The van der Waals surface area contributed by atoms with Crippen molar-refractivity contribution in [2.75, 3.05) is 0 Å². The van der Waals surface area contributed by atoms with Crippen molar-refractivity contribution >= 4 is 6.29 Å². The van der Waals surface area contributed by atoms with Gasteiger partial charge in [-0.15, -0.1) is 0 Å². The molecule has 0 amide bonds. The van der Waals surface area contributed by atoms with Crippen molar-refractivity contribution in [3.05, 3.63) is 59.2 Å². The molecule has 0 radical (unpaired) electrons. The van der Waals surface area contributed by atoms with Crippen LogP contribution in [0.2, 0.25) is 0 Å². The zero-order valence-corrected chi connectivity index (χ0v) is 11.2. The highest BCUT2D eigenvalue weighted by molar-refractivity contribution is 5.80. The topological polar surface area (TPSA) is 17.1 Å². The number of benzene rings is 2. The summed E-state index contributed by atoms with van der Waals surface area (Å²) in [5.41, 5.74) is 5.76. The third-order valence-corrected chi connectivity index (χ3v) is 4.20. The summed E-state index contributed by atoms with van der Waals surface area (Å²) in [6, 6.07) is 14.7. The molecular weight excluding hydrogens is 232 g/mol. The normalized spacial score (nSPS) is 15.0. The summed E-state index contributed by atoms with van der Waals surface area (Å²) in [4.78, 5) is 10.9. The van der Waals surface area contributed by atoms with E-state index in [9.17, 15) is 4.79 Å². The van der Waals surface area contributed by atoms with E-state index in [0.29, 0.717) is 0 Å². The molecule has 96 valence electrons. The Morgan fingerprint density at radius 2 is 1.79 bits per heavy atom. The maximum atomic E-state index is 10.9. The molecule has 1 fully saturated rings. The van der Waals surface area contributed by atoms with Gasteiger partial charge in [0.15, 0.2) is 0 Å². The van der Waals surface area contributed by atoms with Crippen LogP contribution in [0, 0.1) is 6.92 Å². The molecule has 0 spiro atoms. The Balaban J connectivity index is 1.94. The lowest BCUT2D eigenvalue weighted by Crippen LogP contribution is -2.08. The molecule has 1 saturated carbocycles. The molecular formula is C18H18O. The lowest BCUT2D eigenvalue weighted by molar-refractivity contribution is 0.112. The van der Waals surface area contributed by atoms with Gasteiger partial charge in [-0.3, -0.25) is 4.79 Å². The first-order valence-corrected chi connectivity index (χ1v) is 6.94. The van der Waals surface area contributed by atoms with Crippen molar-refractivity contribution in [1.29, 1.82) is 0 Å². The number of rotatable bonds is 3. The predicted octanol–water partition coefficient (Wildman–Crippen LogP) is 4.74. The van der Waals surface area contributed by atoms with Crippen LogP contribution in [-0.2, 0) is 0 Å². The molecule has 0 unspecified atom stereocenters. The molecule has 0 bridgehead atoms. The second-order valence-corrected chi connectivity index (χ2v) is 5.44. The van der Waals surface area contributed by atoms with Crippen molar-refractivity contribution < 1.29 is 4.79 Å². The molecule has 0 atom stereocenters. The van der Waals surface area contributed by atoms with Crippen LogP contribution >= 0.6 is 0 Å². The zero-order valence-electron chi connectivity index (χ0n) is 11.2. The third kappa shape index (κ3) is 2.33. The van der Waals surface area contributed by atoms with Crippen LogP contribution in [0.1, 0.15) is 46.7 Å². The highest BCUT2D eigenvalue weighted by atomic mass is 16.1. The van der Waals surface area contributed by atoms with Gasteiger partial charge in [-0.05, 0) is 54.0 Å². The molecule has 0 aromatic heterocycles. The Kier molecular flexibility index (Phi) is 3.20.